The minimum atomic E-state index is -2.58. The molecule has 0 aliphatic heterocycles. The number of halogens is 2. The van der Waals surface area contributed by atoms with Crippen molar-refractivity contribution < 1.29 is 4.57 Å². The Labute approximate surface area is 164 Å². The van der Waals surface area contributed by atoms with Crippen LogP contribution in [0.25, 0.3) is 11.3 Å². The average molecular weight is 453 g/mol. The largest absolute Gasteiger partial charge is 0.339 e. The Morgan fingerprint density at radius 3 is 2.58 bits per heavy atom. The first kappa shape index (κ1) is 19.0. The van der Waals surface area contributed by atoms with E-state index in [2.05, 4.69) is 41.4 Å². The SMILES string of the molecule is Cc1ccc(-c2ccc(Nc3nc(Cl)ncc3Br)c(P(C)(C)=O)c2)nn1. The van der Waals surface area contributed by atoms with Crippen LogP contribution in [0.1, 0.15) is 5.69 Å². The lowest BCUT2D eigenvalue weighted by atomic mass is 10.1. The van der Waals surface area contributed by atoms with Gasteiger partial charge >= 0.3 is 0 Å². The molecule has 0 aliphatic carbocycles. The Morgan fingerprint density at radius 1 is 1.15 bits per heavy atom. The number of hydrogen-bond donors (Lipinski definition) is 1. The van der Waals surface area contributed by atoms with Gasteiger partial charge in [0.2, 0.25) is 5.28 Å². The Bertz CT molecular complexity index is 1010. The summed E-state index contributed by atoms with van der Waals surface area (Å²) in [6.45, 7) is 5.33. The van der Waals surface area contributed by atoms with Crippen LogP contribution in [0.5, 0.6) is 0 Å². The van der Waals surface area contributed by atoms with E-state index in [0.29, 0.717) is 21.3 Å². The standard InChI is InChI=1S/C17H16BrClN5OP/c1-10-4-6-13(24-23-10)11-5-7-14(15(8-11)26(2,3)25)21-16-12(18)9-20-17(19)22-16/h4-9H,1-3H3,(H,20,21,22). The first-order valence-electron chi connectivity index (χ1n) is 7.69. The van der Waals surface area contributed by atoms with E-state index in [9.17, 15) is 4.57 Å². The summed E-state index contributed by atoms with van der Waals surface area (Å²) in [5.74, 6) is 0.502. The maximum atomic E-state index is 12.9. The zero-order valence-corrected chi connectivity index (χ0v) is 17.6. The summed E-state index contributed by atoms with van der Waals surface area (Å²) < 4.78 is 13.5. The predicted molar refractivity (Wildman–Crippen MR) is 109 cm³/mol. The fraction of sp³-hybridized carbons (Fsp3) is 0.176. The molecule has 6 nitrogen and oxygen atoms in total. The number of aryl methyl sites for hydroxylation is 1. The number of benzene rings is 1. The van der Waals surface area contributed by atoms with Crippen molar-refractivity contribution in [2.45, 2.75) is 6.92 Å². The molecule has 3 aromatic rings. The first-order chi connectivity index (χ1) is 12.2. The smallest absolute Gasteiger partial charge is 0.224 e. The zero-order chi connectivity index (χ0) is 18.9. The van der Waals surface area contributed by atoms with Crippen molar-refractivity contribution in [1.82, 2.24) is 20.2 Å². The Morgan fingerprint density at radius 2 is 1.92 bits per heavy atom. The van der Waals surface area contributed by atoms with Crippen molar-refractivity contribution in [3.05, 3.63) is 52.0 Å². The number of nitrogens with one attached hydrogen (secondary N) is 1. The van der Waals surface area contributed by atoms with Crippen LogP contribution >= 0.6 is 34.7 Å². The second-order valence-electron chi connectivity index (χ2n) is 6.10. The van der Waals surface area contributed by atoms with Crippen molar-refractivity contribution in [2.24, 2.45) is 0 Å². The number of hydrogen-bond acceptors (Lipinski definition) is 6. The summed E-state index contributed by atoms with van der Waals surface area (Å²) in [7, 11) is -2.58. The van der Waals surface area contributed by atoms with Gasteiger partial charge in [-0.2, -0.15) is 15.2 Å². The van der Waals surface area contributed by atoms with Gasteiger partial charge in [0.15, 0.2) is 0 Å². The summed E-state index contributed by atoms with van der Waals surface area (Å²) in [5.41, 5.74) is 3.11. The summed E-state index contributed by atoms with van der Waals surface area (Å²) >= 11 is 9.27. The molecule has 0 fully saturated rings. The average Bonchev–Trinajstić information content (AvgIpc) is 2.58. The molecule has 0 saturated heterocycles. The molecule has 3 rings (SSSR count). The fourth-order valence-corrected chi connectivity index (χ4v) is 3.94. The molecule has 0 aliphatic rings. The van der Waals surface area contributed by atoms with Crippen molar-refractivity contribution in [1.29, 1.82) is 0 Å². The van der Waals surface area contributed by atoms with E-state index in [-0.39, 0.29) is 5.28 Å². The van der Waals surface area contributed by atoms with Crippen molar-refractivity contribution >= 4 is 51.5 Å². The highest BCUT2D eigenvalue weighted by Crippen LogP contribution is 2.40. The predicted octanol–water partition coefficient (Wildman–Crippen LogP) is 4.65. The van der Waals surface area contributed by atoms with Crippen molar-refractivity contribution in [3.8, 4) is 11.3 Å². The van der Waals surface area contributed by atoms with Gasteiger partial charge in [0.05, 0.1) is 21.5 Å². The molecule has 26 heavy (non-hydrogen) atoms. The third kappa shape index (κ3) is 4.29. The van der Waals surface area contributed by atoms with Gasteiger partial charge in [0, 0.05) is 17.1 Å². The van der Waals surface area contributed by atoms with Gasteiger partial charge in [-0.1, -0.05) is 6.07 Å². The lowest BCUT2D eigenvalue weighted by molar-refractivity contribution is 0.588. The molecule has 0 unspecified atom stereocenters. The molecule has 0 saturated carbocycles. The van der Waals surface area contributed by atoms with Gasteiger partial charge in [-0.15, -0.1) is 0 Å². The third-order valence-electron chi connectivity index (χ3n) is 3.64. The summed E-state index contributed by atoms with van der Waals surface area (Å²) in [6.07, 6.45) is 1.56. The number of rotatable bonds is 4. The minimum Gasteiger partial charge on any atom is -0.339 e. The molecule has 2 heterocycles. The topological polar surface area (TPSA) is 80.7 Å². The molecule has 0 bridgehead atoms. The van der Waals surface area contributed by atoms with Gasteiger partial charge in [0.25, 0.3) is 0 Å². The van der Waals surface area contributed by atoms with Gasteiger partial charge in [-0.3, -0.25) is 0 Å². The van der Waals surface area contributed by atoms with Crippen LogP contribution in [-0.4, -0.2) is 33.5 Å². The molecular weight excluding hydrogens is 437 g/mol. The quantitative estimate of drug-likeness (QED) is 0.458. The Hall–Kier alpha value is -1.82. The highest BCUT2D eigenvalue weighted by atomic mass is 79.9. The molecule has 2 aromatic heterocycles. The van der Waals surface area contributed by atoms with Gasteiger partial charge in [-0.05, 0) is 72.0 Å². The van der Waals surface area contributed by atoms with Crippen LogP contribution in [0.3, 0.4) is 0 Å². The lowest BCUT2D eigenvalue weighted by Crippen LogP contribution is -2.11. The Balaban J connectivity index is 2.07. The number of nitrogens with zero attached hydrogens (tertiary/aromatic N) is 4. The van der Waals surface area contributed by atoms with Crippen LogP contribution in [0, 0.1) is 6.92 Å². The molecule has 0 amide bonds. The minimum absolute atomic E-state index is 0.125. The Kier molecular flexibility index (Phi) is 5.42. The lowest BCUT2D eigenvalue weighted by Gasteiger charge is -2.17. The van der Waals surface area contributed by atoms with Gasteiger partial charge < -0.3 is 9.88 Å². The van der Waals surface area contributed by atoms with E-state index < -0.39 is 7.14 Å². The third-order valence-corrected chi connectivity index (χ3v) is 5.93. The van der Waals surface area contributed by atoms with Gasteiger partial charge in [-0.25, -0.2) is 4.98 Å². The molecule has 0 radical (unpaired) electrons. The van der Waals surface area contributed by atoms with Crippen LogP contribution in [0.4, 0.5) is 11.5 Å². The maximum Gasteiger partial charge on any atom is 0.224 e. The molecule has 1 N–H and O–H groups in total. The van der Waals surface area contributed by atoms with Crippen LogP contribution < -0.4 is 10.6 Å². The number of anilines is 2. The summed E-state index contributed by atoms with van der Waals surface area (Å²) in [5, 5.41) is 12.3. The van der Waals surface area contributed by atoms with Crippen molar-refractivity contribution in [2.75, 3.05) is 18.6 Å². The summed E-state index contributed by atoms with van der Waals surface area (Å²) in [6, 6.07) is 9.42. The first-order valence-corrected chi connectivity index (χ1v) is 11.5. The second-order valence-corrected chi connectivity index (χ2v) is 10.5. The number of aromatic nitrogens is 4. The maximum absolute atomic E-state index is 12.9. The molecule has 9 heteroatoms. The molecule has 0 atom stereocenters. The fourth-order valence-electron chi connectivity index (χ4n) is 2.36. The van der Waals surface area contributed by atoms with Crippen molar-refractivity contribution in [3.63, 3.8) is 0 Å². The monoisotopic (exact) mass is 451 g/mol. The van der Waals surface area contributed by atoms with E-state index in [1.165, 1.54) is 0 Å². The van der Waals surface area contributed by atoms with E-state index in [1.807, 2.05) is 37.3 Å². The molecule has 134 valence electrons. The second kappa shape index (κ2) is 7.43. The molecular formula is C17H16BrClN5OP. The van der Waals surface area contributed by atoms with Crippen LogP contribution in [-0.2, 0) is 4.57 Å². The normalized spacial score (nSPS) is 11.4. The van der Waals surface area contributed by atoms with Crippen LogP contribution in [0.15, 0.2) is 41.0 Å². The molecule has 1 aromatic carbocycles. The van der Waals surface area contributed by atoms with E-state index in [1.54, 1.807) is 19.5 Å². The van der Waals surface area contributed by atoms with Gasteiger partial charge in [0.1, 0.15) is 13.0 Å². The molecule has 0 spiro atoms. The zero-order valence-electron chi connectivity index (χ0n) is 14.4. The highest BCUT2D eigenvalue weighted by molar-refractivity contribution is 9.10. The van der Waals surface area contributed by atoms with E-state index in [4.69, 9.17) is 11.6 Å². The summed E-state index contributed by atoms with van der Waals surface area (Å²) in [4.78, 5) is 8.08. The highest BCUT2D eigenvalue weighted by Gasteiger charge is 2.19. The van der Waals surface area contributed by atoms with E-state index in [0.717, 1.165) is 17.0 Å². The van der Waals surface area contributed by atoms with E-state index >= 15 is 0 Å². The van der Waals surface area contributed by atoms with Crippen LogP contribution in [0.2, 0.25) is 5.28 Å².